The maximum atomic E-state index is 12.7. The van der Waals surface area contributed by atoms with Crippen LogP contribution in [0.1, 0.15) is 18.4 Å². The van der Waals surface area contributed by atoms with Crippen LogP contribution in [0.15, 0.2) is 36.5 Å². The van der Waals surface area contributed by atoms with Crippen molar-refractivity contribution in [3.8, 4) is 17.0 Å². The van der Waals surface area contributed by atoms with Crippen LogP contribution in [0.25, 0.3) is 11.3 Å². The number of aromatic nitrogens is 1. The Hall–Kier alpha value is -3.96. The number of nitrogens with one attached hydrogen (secondary N) is 1. The molecule has 1 aliphatic carbocycles. The Balaban J connectivity index is 1.53. The van der Waals surface area contributed by atoms with Gasteiger partial charge in [-0.2, -0.15) is 13.2 Å². The molecule has 2 aliphatic rings. The average Bonchev–Trinajstić information content (AvgIpc) is 3.58. The van der Waals surface area contributed by atoms with Crippen LogP contribution < -0.4 is 5.32 Å². The first-order valence-electron chi connectivity index (χ1n) is 9.81. The van der Waals surface area contributed by atoms with Crippen LogP contribution >= 0.6 is 0 Å². The molecule has 0 bridgehead atoms. The summed E-state index contributed by atoms with van der Waals surface area (Å²) in [5.41, 5.74) is -0.637. The Morgan fingerprint density at radius 3 is 2.36 bits per heavy atom. The van der Waals surface area contributed by atoms with Crippen molar-refractivity contribution in [3.63, 3.8) is 0 Å². The average molecular weight is 462 g/mol. The molecule has 0 spiro atoms. The van der Waals surface area contributed by atoms with Crippen LogP contribution in [0, 0.1) is 5.92 Å². The van der Waals surface area contributed by atoms with Crippen molar-refractivity contribution < 1.29 is 37.5 Å². The standard InChI is InChI=1S/C21H17F3N4O5/c1-27-18(31)16(19(32)28(20(27)33)12-4-5-12)17(30)26-14-6-2-10(8-15(14)29)13-7-3-11(9-25-13)21(22,23)24/h2-3,6-9,12,16,29H,4-5H2,1H3,(H,26,30). The van der Waals surface area contributed by atoms with Gasteiger partial charge in [0.25, 0.3) is 11.8 Å². The fraction of sp³-hybridized carbons (Fsp3) is 0.286. The largest absolute Gasteiger partial charge is 0.506 e. The number of amides is 5. The molecule has 9 nitrogen and oxygen atoms in total. The number of alkyl halides is 3. The third-order valence-corrected chi connectivity index (χ3v) is 5.37. The SMILES string of the molecule is CN1C(=O)C(C(=O)Nc2ccc(-c3ccc(C(F)(F)F)cn3)cc2O)C(=O)N(C2CC2)C1=O. The van der Waals surface area contributed by atoms with Crippen LogP contribution in [0.5, 0.6) is 5.75 Å². The highest BCUT2D eigenvalue weighted by Gasteiger charge is 2.52. The topological polar surface area (TPSA) is 120 Å². The predicted molar refractivity (Wildman–Crippen MR) is 106 cm³/mol. The van der Waals surface area contributed by atoms with Crippen LogP contribution in [0.4, 0.5) is 23.7 Å². The van der Waals surface area contributed by atoms with Gasteiger partial charge in [0.1, 0.15) is 5.75 Å². The van der Waals surface area contributed by atoms with E-state index in [0.717, 1.165) is 17.0 Å². The summed E-state index contributed by atoms with van der Waals surface area (Å²) in [6.07, 6.45) is -2.70. The Labute approximate surface area is 184 Å². The number of rotatable bonds is 4. The number of hydrogen-bond acceptors (Lipinski definition) is 6. The molecule has 1 aromatic heterocycles. The minimum atomic E-state index is -4.54. The van der Waals surface area contributed by atoms with Crippen LogP contribution in [-0.2, 0) is 20.6 Å². The Bertz CT molecular complexity index is 1160. The minimum Gasteiger partial charge on any atom is -0.506 e. The molecule has 1 unspecified atom stereocenters. The summed E-state index contributed by atoms with van der Waals surface area (Å²) < 4.78 is 38.1. The lowest BCUT2D eigenvalue weighted by Gasteiger charge is -2.34. The molecular weight excluding hydrogens is 445 g/mol. The van der Waals surface area contributed by atoms with Crippen molar-refractivity contribution in [1.82, 2.24) is 14.8 Å². The number of halogens is 3. The quantitative estimate of drug-likeness (QED) is 0.533. The summed E-state index contributed by atoms with van der Waals surface area (Å²) in [5, 5.41) is 12.6. The first-order chi connectivity index (χ1) is 15.5. The second kappa shape index (κ2) is 7.87. The highest BCUT2D eigenvalue weighted by atomic mass is 19.4. The number of nitrogens with zero attached hydrogens (tertiary/aromatic N) is 3. The van der Waals surface area contributed by atoms with Gasteiger partial charge in [0.15, 0.2) is 5.92 Å². The Morgan fingerprint density at radius 1 is 1.12 bits per heavy atom. The molecule has 4 rings (SSSR count). The van der Waals surface area contributed by atoms with E-state index in [1.807, 2.05) is 0 Å². The summed E-state index contributed by atoms with van der Waals surface area (Å²) >= 11 is 0. The van der Waals surface area contributed by atoms with E-state index < -0.39 is 47.2 Å². The molecule has 1 saturated heterocycles. The third kappa shape index (κ3) is 4.11. The summed E-state index contributed by atoms with van der Waals surface area (Å²) in [5.74, 6) is -5.17. The van der Waals surface area contributed by atoms with Crippen molar-refractivity contribution >= 4 is 29.4 Å². The number of aromatic hydroxyl groups is 1. The molecule has 2 heterocycles. The summed E-state index contributed by atoms with van der Waals surface area (Å²) in [4.78, 5) is 55.4. The van der Waals surface area contributed by atoms with E-state index in [9.17, 15) is 37.5 Å². The van der Waals surface area contributed by atoms with Gasteiger partial charge in [-0.25, -0.2) is 4.79 Å². The molecule has 2 aromatic rings. The number of barbiturate groups is 1. The lowest BCUT2D eigenvalue weighted by molar-refractivity contribution is -0.152. The zero-order valence-corrected chi connectivity index (χ0v) is 17.1. The maximum absolute atomic E-state index is 12.7. The lowest BCUT2D eigenvalue weighted by Crippen LogP contribution is -2.61. The maximum Gasteiger partial charge on any atom is 0.417 e. The first kappa shape index (κ1) is 22.2. The molecule has 172 valence electrons. The predicted octanol–water partition coefficient (Wildman–Crippen LogP) is 2.61. The number of imide groups is 2. The van der Waals surface area contributed by atoms with E-state index in [1.165, 1.54) is 25.2 Å². The van der Waals surface area contributed by atoms with E-state index in [0.29, 0.717) is 23.9 Å². The fourth-order valence-corrected chi connectivity index (χ4v) is 3.42. The number of anilines is 1. The molecule has 2 fully saturated rings. The zero-order valence-electron chi connectivity index (χ0n) is 17.1. The van der Waals surface area contributed by atoms with Crippen LogP contribution in [-0.4, -0.2) is 56.7 Å². The molecular formula is C21H17F3N4O5. The van der Waals surface area contributed by atoms with Crippen molar-refractivity contribution in [3.05, 3.63) is 42.1 Å². The molecule has 1 atom stereocenters. The van der Waals surface area contributed by atoms with E-state index in [4.69, 9.17) is 0 Å². The molecule has 12 heteroatoms. The zero-order chi connectivity index (χ0) is 24.1. The second-order valence-electron chi connectivity index (χ2n) is 7.70. The van der Waals surface area contributed by atoms with Crippen molar-refractivity contribution in [2.45, 2.75) is 25.1 Å². The number of carbonyl (C=O) groups is 4. The normalized spacial score (nSPS) is 19.2. The van der Waals surface area contributed by atoms with Gasteiger partial charge in [0.2, 0.25) is 5.91 Å². The number of urea groups is 1. The van der Waals surface area contributed by atoms with Crippen molar-refractivity contribution in [2.75, 3.05) is 12.4 Å². The first-order valence-corrected chi connectivity index (χ1v) is 9.81. The van der Waals surface area contributed by atoms with Gasteiger partial charge in [0, 0.05) is 24.8 Å². The molecule has 1 aromatic carbocycles. The molecule has 2 N–H and O–H groups in total. The van der Waals surface area contributed by atoms with Gasteiger partial charge in [0.05, 0.1) is 16.9 Å². The van der Waals surface area contributed by atoms with Crippen molar-refractivity contribution in [2.24, 2.45) is 5.92 Å². The molecule has 33 heavy (non-hydrogen) atoms. The second-order valence-corrected chi connectivity index (χ2v) is 7.70. The van der Waals surface area contributed by atoms with Gasteiger partial charge in [-0.3, -0.25) is 29.2 Å². The van der Waals surface area contributed by atoms with Gasteiger partial charge in [-0.05, 0) is 37.1 Å². The van der Waals surface area contributed by atoms with Gasteiger partial charge in [-0.1, -0.05) is 6.07 Å². The Kier molecular flexibility index (Phi) is 5.30. The number of benzene rings is 1. The van der Waals surface area contributed by atoms with E-state index in [-0.39, 0.29) is 23.0 Å². The molecule has 0 radical (unpaired) electrons. The monoisotopic (exact) mass is 462 g/mol. The summed E-state index contributed by atoms with van der Waals surface area (Å²) in [6, 6.07) is 4.66. The molecule has 1 aliphatic heterocycles. The van der Waals surface area contributed by atoms with E-state index in [2.05, 4.69) is 10.3 Å². The molecule has 5 amide bonds. The van der Waals surface area contributed by atoms with Crippen molar-refractivity contribution in [1.29, 1.82) is 0 Å². The third-order valence-electron chi connectivity index (χ3n) is 5.37. The van der Waals surface area contributed by atoms with E-state index >= 15 is 0 Å². The number of phenols is 1. The van der Waals surface area contributed by atoms with E-state index in [1.54, 1.807) is 0 Å². The number of phenolic OH excluding ortho intramolecular Hbond substituents is 1. The van der Waals surface area contributed by atoms with Gasteiger partial charge < -0.3 is 10.4 Å². The summed E-state index contributed by atoms with van der Waals surface area (Å²) in [6.45, 7) is 0. The lowest BCUT2D eigenvalue weighted by atomic mass is 10.0. The minimum absolute atomic E-state index is 0.131. The number of pyridine rings is 1. The fourth-order valence-electron chi connectivity index (χ4n) is 3.42. The summed E-state index contributed by atoms with van der Waals surface area (Å²) in [7, 11) is 1.18. The highest BCUT2D eigenvalue weighted by Crippen LogP contribution is 2.34. The van der Waals surface area contributed by atoms with Crippen LogP contribution in [0.3, 0.4) is 0 Å². The smallest absolute Gasteiger partial charge is 0.417 e. The van der Waals surface area contributed by atoms with Crippen LogP contribution in [0.2, 0.25) is 0 Å². The molecule has 1 saturated carbocycles. The highest BCUT2D eigenvalue weighted by molar-refractivity contribution is 6.28. The number of hydrogen-bond donors (Lipinski definition) is 2. The van der Waals surface area contributed by atoms with Gasteiger partial charge >= 0.3 is 12.2 Å². The van der Waals surface area contributed by atoms with Gasteiger partial charge in [-0.15, -0.1) is 0 Å². The number of carbonyl (C=O) groups excluding carboxylic acids is 4. The Morgan fingerprint density at radius 2 is 1.82 bits per heavy atom.